The molecular formula is C18H18BrNOS. The molecule has 0 aromatic heterocycles. The number of anilines is 1. The van der Waals surface area contributed by atoms with Crippen molar-refractivity contribution in [3.05, 3.63) is 53.0 Å². The summed E-state index contributed by atoms with van der Waals surface area (Å²) < 4.78 is 1.09. The van der Waals surface area contributed by atoms with E-state index >= 15 is 0 Å². The van der Waals surface area contributed by atoms with E-state index in [1.807, 2.05) is 24.3 Å². The molecule has 0 unspecified atom stereocenters. The van der Waals surface area contributed by atoms with Gasteiger partial charge in [-0.2, -0.15) is 0 Å². The quantitative estimate of drug-likeness (QED) is 0.738. The van der Waals surface area contributed by atoms with Crippen molar-refractivity contribution >= 4 is 39.3 Å². The van der Waals surface area contributed by atoms with Crippen LogP contribution in [0.3, 0.4) is 0 Å². The van der Waals surface area contributed by atoms with E-state index in [9.17, 15) is 4.79 Å². The average molecular weight is 376 g/mol. The van der Waals surface area contributed by atoms with Gasteiger partial charge in [0, 0.05) is 25.9 Å². The lowest BCUT2D eigenvalue weighted by molar-refractivity contribution is -0.119. The molecule has 3 rings (SSSR count). The first-order chi connectivity index (χ1) is 10.7. The van der Waals surface area contributed by atoms with Crippen molar-refractivity contribution in [3.8, 4) is 0 Å². The Morgan fingerprint density at radius 2 is 1.50 bits per heavy atom. The zero-order valence-electron chi connectivity index (χ0n) is 12.2. The van der Waals surface area contributed by atoms with Crippen LogP contribution in [0.4, 0.5) is 5.69 Å². The van der Waals surface area contributed by atoms with Gasteiger partial charge in [-0.15, -0.1) is 0 Å². The fourth-order valence-corrected chi connectivity index (χ4v) is 3.76. The minimum Gasteiger partial charge on any atom is -0.326 e. The first-order valence-corrected chi connectivity index (χ1v) is 9.16. The summed E-state index contributed by atoms with van der Waals surface area (Å²) in [5, 5.41) is 3.03. The fraction of sp³-hybridized carbons (Fsp3) is 0.278. The highest BCUT2D eigenvalue weighted by molar-refractivity contribution is 9.10. The molecule has 0 atom stereocenters. The van der Waals surface area contributed by atoms with Gasteiger partial charge in [0.25, 0.3) is 0 Å². The van der Waals surface area contributed by atoms with Gasteiger partial charge in [-0.05, 0) is 61.4 Å². The standard InChI is InChI=1S/C18H18BrNOS/c19-14-5-9-16(10-6-14)22-17-11-7-15(8-12-17)20-18(21)13-3-1-2-4-13/h5-13H,1-4H2,(H,20,21). The Labute approximate surface area is 143 Å². The molecular weight excluding hydrogens is 358 g/mol. The van der Waals surface area contributed by atoms with Crippen molar-refractivity contribution in [3.63, 3.8) is 0 Å². The maximum absolute atomic E-state index is 12.1. The summed E-state index contributed by atoms with van der Waals surface area (Å²) in [4.78, 5) is 14.5. The number of benzene rings is 2. The molecule has 0 saturated heterocycles. The summed E-state index contributed by atoms with van der Waals surface area (Å²) in [6, 6.07) is 16.3. The first-order valence-electron chi connectivity index (χ1n) is 7.55. The van der Waals surface area contributed by atoms with Crippen molar-refractivity contribution in [1.82, 2.24) is 0 Å². The Balaban J connectivity index is 1.60. The largest absolute Gasteiger partial charge is 0.326 e. The lowest BCUT2D eigenvalue weighted by Gasteiger charge is -2.10. The van der Waals surface area contributed by atoms with E-state index < -0.39 is 0 Å². The molecule has 1 aliphatic carbocycles. The summed E-state index contributed by atoms with van der Waals surface area (Å²) in [7, 11) is 0. The van der Waals surface area contributed by atoms with E-state index in [0.717, 1.165) is 23.0 Å². The molecule has 1 saturated carbocycles. The number of hydrogen-bond acceptors (Lipinski definition) is 2. The Morgan fingerprint density at radius 3 is 2.09 bits per heavy atom. The maximum atomic E-state index is 12.1. The third-order valence-corrected chi connectivity index (χ3v) is 5.44. The van der Waals surface area contributed by atoms with Crippen molar-refractivity contribution in [2.24, 2.45) is 5.92 Å². The molecule has 2 aromatic rings. The number of carbonyl (C=O) groups is 1. The van der Waals surface area contributed by atoms with E-state index in [2.05, 4.69) is 45.5 Å². The van der Waals surface area contributed by atoms with Crippen molar-refractivity contribution in [2.45, 2.75) is 35.5 Å². The molecule has 4 heteroatoms. The molecule has 0 aliphatic heterocycles. The molecule has 1 aliphatic rings. The molecule has 0 heterocycles. The van der Waals surface area contributed by atoms with Gasteiger partial charge in [0.15, 0.2) is 0 Å². The summed E-state index contributed by atoms with van der Waals surface area (Å²) in [6.45, 7) is 0. The number of halogens is 1. The first kappa shape index (κ1) is 15.6. The van der Waals surface area contributed by atoms with E-state index in [0.29, 0.717) is 0 Å². The smallest absolute Gasteiger partial charge is 0.227 e. The van der Waals surface area contributed by atoms with Crippen LogP contribution in [0.15, 0.2) is 62.8 Å². The van der Waals surface area contributed by atoms with Crippen molar-refractivity contribution < 1.29 is 4.79 Å². The molecule has 0 bridgehead atoms. The van der Waals surface area contributed by atoms with E-state index in [1.54, 1.807) is 11.8 Å². The third-order valence-electron chi connectivity index (χ3n) is 3.90. The van der Waals surface area contributed by atoms with E-state index in [4.69, 9.17) is 0 Å². The minimum atomic E-state index is 0.172. The zero-order chi connectivity index (χ0) is 15.4. The van der Waals surface area contributed by atoms with Gasteiger partial charge < -0.3 is 5.32 Å². The van der Waals surface area contributed by atoms with Crippen LogP contribution in [-0.4, -0.2) is 5.91 Å². The molecule has 1 fully saturated rings. The average Bonchev–Trinajstić information content (AvgIpc) is 3.06. The van der Waals surface area contributed by atoms with Gasteiger partial charge in [-0.3, -0.25) is 4.79 Å². The lowest BCUT2D eigenvalue weighted by Crippen LogP contribution is -2.20. The van der Waals surface area contributed by atoms with Crippen LogP contribution in [-0.2, 0) is 4.79 Å². The molecule has 0 spiro atoms. The SMILES string of the molecule is O=C(Nc1ccc(Sc2ccc(Br)cc2)cc1)C1CCCC1. The Kier molecular flexibility index (Phi) is 5.21. The molecule has 2 nitrogen and oxygen atoms in total. The topological polar surface area (TPSA) is 29.1 Å². The Bertz CT molecular complexity index is 633. The number of nitrogens with one attached hydrogen (secondary N) is 1. The van der Waals surface area contributed by atoms with E-state index in [-0.39, 0.29) is 11.8 Å². The van der Waals surface area contributed by atoms with Gasteiger partial charge in [-0.1, -0.05) is 40.5 Å². The van der Waals surface area contributed by atoms with Crippen molar-refractivity contribution in [1.29, 1.82) is 0 Å². The van der Waals surface area contributed by atoms with Gasteiger partial charge >= 0.3 is 0 Å². The van der Waals surface area contributed by atoms with Crippen LogP contribution in [0.2, 0.25) is 0 Å². The maximum Gasteiger partial charge on any atom is 0.227 e. The summed E-state index contributed by atoms with van der Waals surface area (Å²) >= 11 is 5.16. The molecule has 1 amide bonds. The highest BCUT2D eigenvalue weighted by Gasteiger charge is 2.22. The normalized spacial score (nSPS) is 15.0. The third kappa shape index (κ3) is 4.14. The van der Waals surface area contributed by atoms with Gasteiger partial charge in [-0.25, -0.2) is 0 Å². The number of rotatable bonds is 4. The summed E-state index contributed by atoms with van der Waals surface area (Å²) in [6.07, 6.45) is 4.42. The number of carbonyl (C=O) groups excluding carboxylic acids is 1. The summed E-state index contributed by atoms with van der Waals surface area (Å²) in [5.41, 5.74) is 0.886. The van der Waals surface area contributed by atoms with Gasteiger partial charge in [0.1, 0.15) is 0 Å². The zero-order valence-corrected chi connectivity index (χ0v) is 14.6. The van der Waals surface area contributed by atoms with Crippen LogP contribution in [0.25, 0.3) is 0 Å². The highest BCUT2D eigenvalue weighted by Crippen LogP contribution is 2.30. The summed E-state index contributed by atoms with van der Waals surface area (Å²) in [5.74, 6) is 0.377. The van der Waals surface area contributed by atoms with Gasteiger partial charge in [0.2, 0.25) is 5.91 Å². The predicted molar refractivity (Wildman–Crippen MR) is 95.3 cm³/mol. The van der Waals surface area contributed by atoms with Crippen LogP contribution in [0.5, 0.6) is 0 Å². The van der Waals surface area contributed by atoms with Crippen LogP contribution < -0.4 is 5.32 Å². The second-order valence-corrected chi connectivity index (χ2v) is 7.61. The fourth-order valence-electron chi connectivity index (χ4n) is 2.68. The number of hydrogen-bond donors (Lipinski definition) is 1. The van der Waals surface area contributed by atoms with Crippen LogP contribution >= 0.6 is 27.7 Å². The second kappa shape index (κ2) is 7.34. The second-order valence-electron chi connectivity index (χ2n) is 5.55. The molecule has 2 aromatic carbocycles. The van der Waals surface area contributed by atoms with Gasteiger partial charge in [0.05, 0.1) is 0 Å². The van der Waals surface area contributed by atoms with E-state index in [1.165, 1.54) is 22.6 Å². The Hall–Kier alpha value is -1.26. The van der Waals surface area contributed by atoms with Crippen LogP contribution in [0.1, 0.15) is 25.7 Å². The Morgan fingerprint density at radius 1 is 0.955 bits per heavy atom. The molecule has 0 radical (unpaired) electrons. The lowest BCUT2D eigenvalue weighted by atomic mass is 10.1. The monoisotopic (exact) mass is 375 g/mol. The molecule has 1 N–H and O–H groups in total. The van der Waals surface area contributed by atoms with Crippen LogP contribution in [0, 0.1) is 5.92 Å². The number of amides is 1. The van der Waals surface area contributed by atoms with Crippen molar-refractivity contribution in [2.75, 3.05) is 5.32 Å². The molecule has 114 valence electrons. The molecule has 22 heavy (non-hydrogen) atoms. The minimum absolute atomic E-state index is 0.172. The predicted octanol–water partition coefficient (Wildman–Crippen LogP) is 5.73. The highest BCUT2D eigenvalue weighted by atomic mass is 79.9.